The van der Waals surface area contributed by atoms with Gasteiger partial charge in [0.2, 0.25) is 0 Å². The maximum absolute atomic E-state index is 12.1. The Labute approximate surface area is 187 Å². The van der Waals surface area contributed by atoms with Crippen LogP contribution in [0.2, 0.25) is 0 Å². The van der Waals surface area contributed by atoms with E-state index in [1.807, 2.05) is 43.3 Å². The molecule has 5 nitrogen and oxygen atoms in total. The Balaban J connectivity index is 2.34. The summed E-state index contributed by atoms with van der Waals surface area (Å²) >= 11 is 5.59. The molecule has 0 fully saturated rings. The van der Waals surface area contributed by atoms with Crippen molar-refractivity contribution in [3.8, 4) is 17.6 Å². The van der Waals surface area contributed by atoms with E-state index in [-0.39, 0.29) is 11.5 Å². The van der Waals surface area contributed by atoms with E-state index in [0.29, 0.717) is 30.3 Å². The highest BCUT2D eigenvalue weighted by atomic mass is 127. The van der Waals surface area contributed by atoms with Crippen LogP contribution in [0.25, 0.3) is 6.08 Å². The lowest BCUT2D eigenvalue weighted by Crippen LogP contribution is -2.22. The van der Waals surface area contributed by atoms with Crippen LogP contribution in [-0.2, 0) is 11.4 Å². The van der Waals surface area contributed by atoms with Gasteiger partial charge in [-0.15, -0.1) is 0 Å². The van der Waals surface area contributed by atoms with Crippen molar-refractivity contribution in [3.05, 3.63) is 61.1 Å². The average Bonchev–Trinajstić information content (AvgIpc) is 2.66. The Kier molecular flexibility index (Phi) is 8.33. The Morgan fingerprint density at radius 3 is 2.50 bits per heavy atom. The average molecular weight is 555 g/mol. The summed E-state index contributed by atoms with van der Waals surface area (Å²) in [5, 5.41) is 9.31. The molecule has 0 spiro atoms. The van der Waals surface area contributed by atoms with Gasteiger partial charge in [0.15, 0.2) is 11.5 Å². The summed E-state index contributed by atoms with van der Waals surface area (Å²) in [6.45, 7) is 2.77. The lowest BCUT2D eigenvalue weighted by atomic mass is 10.1. The first-order valence-electron chi connectivity index (χ1n) is 8.52. The van der Waals surface area contributed by atoms with Gasteiger partial charge in [0, 0.05) is 18.6 Å². The quantitative estimate of drug-likeness (QED) is 0.274. The highest BCUT2D eigenvalue weighted by Crippen LogP contribution is 2.35. The summed E-state index contributed by atoms with van der Waals surface area (Å²) in [7, 11) is 3.23. The minimum atomic E-state index is -0.342. The number of halogens is 2. The molecule has 7 heteroatoms. The normalized spacial score (nSPS) is 10.9. The summed E-state index contributed by atoms with van der Waals surface area (Å²) < 4.78 is 13.6. The number of nitrogens with zero attached hydrogens (tertiary/aromatic N) is 2. The molecule has 28 heavy (non-hydrogen) atoms. The van der Waals surface area contributed by atoms with Crippen LogP contribution in [0.3, 0.4) is 0 Å². The van der Waals surface area contributed by atoms with Gasteiger partial charge < -0.3 is 14.4 Å². The molecule has 2 aromatic rings. The van der Waals surface area contributed by atoms with Crippen LogP contribution in [0.4, 0.5) is 0 Å². The van der Waals surface area contributed by atoms with Gasteiger partial charge in [-0.3, -0.25) is 4.79 Å². The predicted octanol–water partition coefficient (Wildman–Crippen LogP) is 5.03. The number of amides is 1. The Morgan fingerprint density at radius 1 is 1.25 bits per heavy atom. The molecule has 0 aliphatic rings. The molecular formula is C21H20BrIN2O3. The zero-order valence-corrected chi connectivity index (χ0v) is 19.6. The number of carbonyl (C=O) groups excluding carboxylic acids is 1. The number of nitriles is 1. The SMILES string of the molecule is CCOc1cc(/C=C(/C#N)C(=O)N(C)C)cc(I)c1OCc1ccc(Br)cc1. The van der Waals surface area contributed by atoms with E-state index in [9.17, 15) is 10.1 Å². The van der Waals surface area contributed by atoms with Crippen LogP contribution in [0.15, 0.2) is 46.4 Å². The topological polar surface area (TPSA) is 62.6 Å². The fourth-order valence-electron chi connectivity index (χ4n) is 2.36. The number of hydrogen-bond acceptors (Lipinski definition) is 4. The van der Waals surface area contributed by atoms with Gasteiger partial charge in [-0.05, 0) is 71.0 Å². The van der Waals surface area contributed by atoms with E-state index in [2.05, 4.69) is 38.5 Å². The van der Waals surface area contributed by atoms with Gasteiger partial charge in [-0.1, -0.05) is 28.1 Å². The van der Waals surface area contributed by atoms with Crippen LogP contribution in [0, 0.1) is 14.9 Å². The summed E-state index contributed by atoms with van der Waals surface area (Å²) in [5.41, 5.74) is 1.80. The first-order valence-corrected chi connectivity index (χ1v) is 10.4. The van der Waals surface area contributed by atoms with E-state index in [1.165, 1.54) is 4.90 Å². The number of likely N-dealkylation sites (N-methyl/N-ethyl adjacent to an activating group) is 1. The number of carbonyl (C=O) groups is 1. The zero-order chi connectivity index (χ0) is 20.7. The molecule has 2 aromatic carbocycles. The molecular weight excluding hydrogens is 535 g/mol. The molecule has 0 aliphatic heterocycles. The van der Waals surface area contributed by atoms with Crippen molar-refractivity contribution in [2.45, 2.75) is 13.5 Å². The van der Waals surface area contributed by atoms with E-state index in [0.717, 1.165) is 13.6 Å². The van der Waals surface area contributed by atoms with Crippen molar-refractivity contribution < 1.29 is 14.3 Å². The monoisotopic (exact) mass is 554 g/mol. The molecule has 0 saturated carbocycles. The third-order valence-corrected chi connectivity index (χ3v) is 5.03. The molecule has 0 saturated heterocycles. The van der Waals surface area contributed by atoms with Crippen molar-refractivity contribution in [1.29, 1.82) is 5.26 Å². The minimum absolute atomic E-state index is 0.0618. The Hall–Kier alpha value is -2.05. The van der Waals surface area contributed by atoms with Gasteiger partial charge in [0.1, 0.15) is 18.2 Å². The van der Waals surface area contributed by atoms with Crippen molar-refractivity contribution in [1.82, 2.24) is 4.90 Å². The minimum Gasteiger partial charge on any atom is -0.490 e. The lowest BCUT2D eigenvalue weighted by Gasteiger charge is -2.15. The van der Waals surface area contributed by atoms with E-state index in [1.54, 1.807) is 26.2 Å². The largest absolute Gasteiger partial charge is 0.490 e. The number of ether oxygens (including phenoxy) is 2. The van der Waals surface area contributed by atoms with E-state index < -0.39 is 0 Å². The van der Waals surface area contributed by atoms with Gasteiger partial charge in [0.25, 0.3) is 5.91 Å². The molecule has 1 amide bonds. The van der Waals surface area contributed by atoms with Crippen LogP contribution in [0.5, 0.6) is 11.5 Å². The summed E-state index contributed by atoms with van der Waals surface area (Å²) in [5.74, 6) is 0.873. The van der Waals surface area contributed by atoms with Gasteiger partial charge in [-0.25, -0.2) is 0 Å². The van der Waals surface area contributed by atoms with Gasteiger partial charge in [0.05, 0.1) is 10.2 Å². The van der Waals surface area contributed by atoms with Crippen LogP contribution in [0.1, 0.15) is 18.1 Å². The molecule has 0 heterocycles. The maximum atomic E-state index is 12.1. The first-order chi connectivity index (χ1) is 13.3. The molecule has 0 aromatic heterocycles. The zero-order valence-electron chi connectivity index (χ0n) is 15.8. The van der Waals surface area contributed by atoms with Crippen molar-refractivity contribution >= 4 is 50.5 Å². The third-order valence-electron chi connectivity index (χ3n) is 3.70. The molecule has 0 radical (unpaired) electrons. The fraction of sp³-hybridized carbons (Fsp3) is 0.238. The molecule has 0 unspecified atom stereocenters. The van der Waals surface area contributed by atoms with Crippen LogP contribution >= 0.6 is 38.5 Å². The summed E-state index contributed by atoms with van der Waals surface area (Å²) in [4.78, 5) is 13.5. The van der Waals surface area contributed by atoms with E-state index >= 15 is 0 Å². The molecule has 2 rings (SSSR count). The smallest absolute Gasteiger partial charge is 0.264 e. The second-order valence-corrected chi connectivity index (χ2v) is 8.13. The summed E-state index contributed by atoms with van der Waals surface area (Å²) in [6.07, 6.45) is 1.56. The molecule has 0 bridgehead atoms. The Morgan fingerprint density at radius 2 is 1.93 bits per heavy atom. The van der Waals surface area contributed by atoms with Crippen molar-refractivity contribution in [3.63, 3.8) is 0 Å². The first kappa shape index (κ1) is 22.2. The number of benzene rings is 2. The fourth-order valence-corrected chi connectivity index (χ4v) is 3.41. The Bertz CT molecular complexity index is 918. The van der Waals surface area contributed by atoms with Crippen molar-refractivity contribution in [2.24, 2.45) is 0 Å². The van der Waals surface area contributed by atoms with Crippen LogP contribution in [-0.4, -0.2) is 31.5 Å². The standard InChI is InChI=1S/C21H20BrIN2O3/c1-4-27-19-11-15(9-16(12-24)21(26)25(2)3)10-18(23)20(19)28-13-14-5-7-17(22)8-6-14/h5-11H,4,13H2,1-3H3/b16-9-. The molecule has 0 atom stereocenters. The number of rotatable bonds is 7. The second-order valence-electron chi connectivity index (χ2n) is 6.05. The van der Waals surface area contributed by atoms with Crippen molar-refractivity contribution in [2.75, 3.05) is 20.7 Å². The maximum Gasteiger partial charge on any atom is 0.264 e. The third kappa shape index (κ3) is 5.97. The number of hydrogen-bond donors (Lipinski definition) is 0. The highest BCUT2D eigenvalue weighted by Gasteiger charge is 2.15. The van der Waals surface area contributed by atoms with E-state index in [4.69, 9.17) is 9.47 Å². The summed E-state index contributed by atoms with van der Waals surface area (Å²) in [6, 6.07) is 13.5. The molecule has 0 aliphatic carbocycles. The van der Waals surface area contributed by atoms with Crippen LogP contribution < -0.4 is 9.47 Å². The highest BCUT2D eigenvalue weighted by molar-refractivity contribution is 14.1. The molecule has 0 N–H and O–H groups in total. The van der Waals surface area contributed by atoms with Gasteiger partial charge in [-0.2, -0.15) is 5.26 Å². The predicted molar refractivity (Wildman–Crippen MR) is 121 cm³/mol. The molecule has 146 valence electrons. The second kappa shape index (κ2) is 10.5. The lowest BCUT2D eigenvalue weighted by molar-refractivity contribution is -0.124. The van der Waals surface area contributed by atoms with Gasteiger partial charge >= 0.3 is 0 Å².